The molecule has 1 amide bonds. The number of hydrogen-bond donors (Lipinski definition) is 0. The number of carbonyl (C=O) groups is 1. The van der Waals surface area contributed by atoms with E-state index in [9.17, 15) is 4.79 Å². The molecule has 0 unspecified atom stereocenters. The van der Waals surface area contributed by atoms with Gasteiger partial charge in [-0.3, -0.25) is 4.79 Å². The van der Waals surface area contributed by atoms with Crippen LogP contribution in [0.1, 0.15) is 13.3 Å². The Morgan fingerprint density at radius 2 is 1.43 bits per heavy atom. The fraction of sp³-hybridized carbons (Fsp3) is 0.278. The molecule has 110 valence electrons. The molecule has 0 atom stereocenters. The van der Waals surface area contributed by atoms with Gasteiger partial charge < -0.3 is 9.80 Å². The number of amides is 1. The average Bonchev–Trinajstić information content (AvgIpc) is 2.56. The van der Waals surface area contributed by atoms with E-state index in [1.165, 1.54) is 0 Å². The van der Waals surface area contributed by atoms with Gasteiger partial charge in [-0.15, -0.1) is 0 Å². The highest BCUT2D eigenvalue weighted by Gasteiger charge is 2.12. The third-order valence-corrected chi connectivity index (χ3v) is 3.62. The molecule has 0 aliphatic rings. The van der Waals surface area contributed by atoms with Gasteiger partial charge in [0.25, 0.3) is 0 Å². The van der Waals surface area contributed by atoms with Gasteiger partial charge in [-0.2, -0.15) is 0 Å². The smallest absolute Gasteiger partial charge is 0.228 e. The molecule has 0 bridgehead atoms. The predicted octanol–water partition coefficient (Wildman–Crippen LogP) is 3.57. The normalized spacial score (nSPS) is 10.2. The number of hydrogen-bond acceptors (Lipinski definition) is 2. The molecule has 0 N–H and O–H groups in total. The fourth-order valence-corrected chi connectivity index (χ4v) is 2.30. The standard InChI is InChI=1S/C18H22N2O/c1-3-20(17-12-8-5-9-13-17)15-14-18(21)19(2)16-10-6-4-7-11-16/h4-13H,3,14-15H2,1-2H3. The van der Waals surface area contributed by atoms with Crippen molar-refractivity contribution in [3.05, 3.63) is 60.7 Å². The summed E-state index contributed by atoms with van der Waals surface area (Å²) in [7, 11) is 1.83. The Bertz CT molecular complexity index is 554. The van der Waals surface area contributed by atoms with Crippen LogP contribution in [0.4, 0.5) is 11.4 Å². The van der Waals surface area contributed by atoms with Crippen LogP contribution in [0.2, 0.25) is 0 Å². The summed E-state index contributed by atoms with van der Waals surface area (Å²) in [6, 6.07) is 20.0. The SMILES string of the molecule is CCN(CCC(=O)N(C)c1ccccc1)c1ccccc1. The lowest BCUT2D eigenvalue weighted by atomic mass is 10.2. The highest BCUT2D eigenvalue weighted by Crippen LogP contribution is 2.15. The van der Waals surface area contributed by atoms with Crippen molar-refractivity contribution in [3.8, 4) is 0 Å². The Morgan fingerprint density at radius 1 is 0.905 bits per heavy atom. The van der Waals surface area contributed by atoms with Gasteiger partial charge in [-0.25, -0.2) is 0 Å². The molecule has 0 saturated heterocycles. The molecule has 0 spiro atoms. The molecule has 0 saturated carbocycles. The average molecular weight is 282 g/mol. The number of para-hydroxylation sites is 2. The summed E-state index contributed by atoms with van der Waals surface area (Å²) in [6.07, 6.45) is 0.508. The van der Waals surface area contributed by atoms with Crippen LogP contribution < -0.4 is 9.80 Å². The van der Waals surface area contributed by atoms with Crippen LogP contribution in [-0.2, 0) is 4.79 Å². The fourth-order valence-electron chi connectivity index (χ4n) is 2.30. The third kappa shape index (κ3) is 4.09. The van der Waals surface area contributed by atoms with Gasteiger partial charge in [-0.1, -0.05) is 36.4 Å². The molecule has 0 heterocycles. The minimum absolute atomic E-state index is 0.135. The van der Waals surface area contributed by atoms with E-state index in [4.69, 9.17) is 0 Å². The summed E-state index contributed by atoms with van der Waals surface area (Å²) in [5.74, 6) is 0.135. The maximum atomic E-state index is 12.3. The molecule has 0 aliphatic carbocycles. The summed E-state index contributed by atoms with van der Waals surface area (Å²) < 4.78 is 0. The molecule has 3 nitrogen and oxygen atoms in total. The first-order valence-electron chi connectivity index (χ1n) is 7.34. The maximum absolute atomic E-state index is 12.3. The minimum atomic E-state index is 0.135. The molecule has 0 aliphatic heterocycles. The first-order valence-corrected chi connectivity index (χ1v) is 7.34. The van der Waals surface area contributed by atoms with E-state index in [0.29, 0.717) is 6.42 Å². The first kappa shape index (κ1) is 15.1. The van der Waals surface area contributed by atoms with Crippen LogP contribution in [0.5, 0.6) is 0 Å². The number of anilines is 2. The summed E-state index contributed by atoms with van der Waals surface area (Å²) in [5, 5.41) is 0. The molecular formula is C18H22N2O. The first-order chi connectivity index (χ1) is 10.2. The van der Waals surface area contributed by atoms with Gasteiger partial charge in [0, 0.05) is 37.9 Å². The van der Waals surface area contributed by atoms with Crippen LogP contribution >= 0.6 is 0 Å². The van der Waals surface area contributed by atoms with Crippen LogP contribution in [0.25, 0.3) is 0 Å². The van der Waals surface area contributed by atoms with Crippen LogP contribution in [-0.4, -0.2) is 26.0 Å². The maximum Gasteiger partial charge on any atom is 0.228 e. The largest absolute Gasteiger partial charge is 0.371 e. The zero-order valence-electron chi connectivity index (χ0n) is 12.7. The van der Waals surface area contributed by atoms with Crippen LogP contribution in [0.3, 0.4) is 0 Å². The molecule has 0 radical (unpaired) electrons. The number of rotatable bonds is 6. The molecular weight excluding hydrogens is 260 g/mol. The monoisotopic (exact) mass is 282 g/mol. The Morgan fingerprint density at radius 3 is 1.95 bits per heavy atom. The van der Waals surface area contributed by atoms with Gasteiger partial charge in [0.15, 0.2) is 0 Å². The minimum Gasteiger partial charge on any atom is -0.371 e. The lowest BCUT2D eigenvalue weighted by molar-refractivity contribution is -0.118. The van der Waals surface area contributed by atoms with Crippen molar-refractivity contribution < 1.29 is 4.79 Å². The van der Waals surface area contributed by atoms with E-state index in [1.54, 1.807) is 4.90 Å². The Labute approximate surface area is 126 Å². The van der Waals surface area contributed by atoms with Crippen molar-refractivity contribution in [1.82, 2.24) is 0 Å². The molecule has 2 rings (SSSR count). The molecule has 2 aromatic rings. The van der Waals surface area contributed by atoms with Crippen molar-refractivity contribution in [2.45, 2.75) is 13.3 Å². The van der Waals surface area contributed by atoms with E-state index < -0.39 is 0 Å². The second-order valence-electron chi connectivity index (χ2n) is 4.95. The van der Waals surface area contributed by atoms with E-state index in [2.05, 4.69) is 24.0 Å². The van der Waals surface area contributed by atoms with Crippen LogP contribution in [0, 0.1) is 0 Å². The highest BCUT2D eigenvalue weighted by atomic mass is 16.2. The molecule has 21 heavy (non-hydrogen) atoms. The summed E-state index contributed by atoms with van der Waals surface area (Å²) in [6.45, 7) is 3.74. The number of benzene rings is 2. The lowest BCUT2D eigenvalue weighted by Crippen LogP contribution is -2.32. The van der Waals surface area contributed by atoms with Crippen LogP contribution in [0.15, 0.2) is 60.7 Å². The Hall–Kier alpha value is -2.29. The molecule has 0 fully saturated rings. The molecule has 3 heteroatoms. The van der Waals surface area contributed by atoms with E-state index in [-0.39, 0.29) is 5.91 Å². The summed E-state index contributed by atoms with van der Waals surface area (Å²) >= 11 is 0. The van der Waals surface area contributed by atoms with E-state index in [1.807, 2.05) is 55.6 Å². The van der Waals surface area contributed by atoms with Gasteiger partial charge in [0.05, 0.1) is 0 Å². The van der Waals surface area contributed by atoms with Crippen molar-refractivity contribution in [3.63, 3.8) is 0 Å². The highest BCUT2D eigenvalue weighted by molar-refractivity contribution is 5.93. The van der Waals surface area contributed by atoms with Crippen molar-refractivity contribution >= 4 is 17.3 Å². The van der Waals surface area contributed by atoms with E-state index >= 15 is 0 Å². The zero-order valence-corrected chi connectivity index (χ0v) is 12.7. The molecule has 2 aromatic carbocycles. The number of nitrogens with zero attached hydrogens (tertiary/aromatic N) is 2. The zero-order chi connectivity index (χ0) is 15.1. The quantitative estimate of drug-likeness (QED) is 0.808. The Balaban J connectivity index is 1.94. The second kappa shape index (κ2) is 7.48. The van der Waals surface area contributed by atoms with Gasteiger partial charge in [0.2, 0.25) is 5.91 Å². The van der Waals surface area contributed by atoms with Gasteiger partial charge in [-0.05, 0) is 31.2 Å². The van der Waals surface area contributed by atoms with Gasteiger partial charge >= 0.3 is 0 Å². The predicted molar refractivity (Wildman–Crippen MR) is 88.8 cm³/mol. The van der Waals surface area contributed by atoms with Gasteiger partial charge in [0.1, 0.15) is 0 Å². The summed E-state index contributed by atoms with van der Waals surface area (Å²) in [5.41, 5.74) is 2.10. The van der Waals surface area contributed by atoms with Crippen molar-refractivity contribution in [1.29, 1.82) is 0 Å². The second-order valence-corrected chi connectivity index (χ2v) is 4.95. The van der Waals surface area contributed by atoms with Crippen molar-refractivity contribution in [2.75, 3.05) is 29.9 Å². The van der Waals surface area contributed by atoms with E-state index in [0.717, 1.165) is 24.5 Å². The Kier molecular flexibility index (Phi) is 5.38. The lowest BCUT2D eigenvalue weighted by Gasteiger charge is -2.24. The summed E-state index contributed by atoms with van der Waals surface area (Å²) in [4.78, 5) is 16.2. The van der Waals surface area contributed by atoms with Crippen molar-refractivity contribution in [2.24, 2.45) is 0 Å². The molecule has 0 aromatic heterocycles. The third-order valence-electron chi connectivity index (χ3n) is 3.62. The topological polar surface area (TPSA) is 23.6 Å². The number of carbonyl (C=O) groups excluding carboxylic acids is 1.